The van der Waals surface area contributed by atoms with Crippen molar-refractivity contribution in [2.45, 2.75) is 6.54 Å². The van der Waals surface area contributed by atoms with Crippen molar-refractivity contribution in [1.29, 1.82) is 0 Å². The van der Waals surface area contributed by atoms with Crippen LogP contribution in [0.25, 0.3) is 0 Å². The molecule has 6 heteroatoms. The molecule has 3 N–H and O–H groups in total. The average molecular weight is 342 g/mol. The van der Waals surface area contributed by atoms with Gasteiger partial charge in [-0.1, -0.05) is 12.1 Å². The summed E-state index contributed by atoms with van der Waals surface area (Å²) in [5.41, 5.74) is 3.67. The zero-order valence-corrected chi connectivity index (χ0v) is 11.1. The average Bonchev–Trinajstić information content (AvgIpc) is 2.74. The standard InChI is InChI=1S/C11H11IN4O/c12-10-5-14-16(7-10)6-8-2-1-3-9(4-8)11(17)15-13/h1-5,7H,6,13H2,(H,15,17). The molecule has 0 aliphatic heterocycles. The van der Waals surface area contributed by atoms with Crippen molar-refractivity contribution < 1.29 is 4.79 Å². The van der Waals surface area contributed by atoms with Gasteiger partial charge in [-0.05, 0) is 40.3 Å². The summed E-state index contributed by atoms with van der Waals surface area (Å²) < 4.78 is 2.90. The predicted octanol–water partition coefficient (Wildman–Crippen LogP) is 1.14. The molecule has 0 unspecified atom stereocenters. The SMILES string of the molecule is NNC(=O)c1cccc(Cn2cc(I)cn2)c1. The number of amides is 1. The molecule has 1 aromatic heterocycles. The van der Waals surface area contributed by atoms with Crippen LogP contribution in [0, 0.1) is 3.57 Å². The molecule has 0 atom stereocenters. The number of nitrogens with zero attached hydrogens (tertiary/aromatic N) is 2. The number of nitrogen functional groups attached to an aromatic ring is 1. The van der Waals surface area contributed by atoms with Crippen molar-refractivity contribution in [3.8, 4) is 0 Å². The maximum absolute atomic E-state index is 11.4. The topological polar surface area (TPSA) is 72.9 Å². The fourth-order valence-electron chi connectivity index (χ4n) is 1.51. The van der Waals surface area contributed by atoms with Gasteiger partial charge in [-0.15, -0.1) is 0 Å². The van der Waals surface area contributed by atoms with Crippen molar-refractivity contribution in [3.63, 3.8) is 0 Å². The number of benzene rings is 1. The van der Waals surface area contributed by atoms with Crippen LogP contribution in [0.5, 0.6) is 0 Å². The summed E-state index contributed by atoms with van der Waals surface area (Å²) in [7, 11) is 0. The number of hydrazine groups is 1. The fraction of sp³-hybridized carbons (Fsp3) is 0.0909. The van der Waals surface area contributed by atoms with Gasteiger partial charge in [-0.2, -0.15) is 5.10 Å². The third-order valence-electron chi connectivity index (χ3n) is 2.27. The van der Waals surface area contributed by atoms with Gasteiger partial charge in [0.15, 0.2) is 0 Å². The molecule has 0 fully saturated rings. The molecular weight excluding hydrogens is 331 g/mol. The van der Waals surface area contributed by atoms with Crippen LogP contribution in [0.1, 0.15) is 15.9 Å². The first-order valence-electron chi connectivity index (χ1n) is 4.97. The number of hydrogen-bond acceptors (Lipinski definition) is 3. The molecule has 0 saturated heterocycles. The second-order valence-corrected chi connectivity index (χ2v) is 4.78. The zero-order chi connectivity index (χ0) is 12.3. The number of rotatable bonds is 3. The number of halogens is 1. The van der Waals surface area contributed by atoms with E-state index in [4.69, 9.17) is 5.84 Å². The van der Waals surface area contributed by atoms with Gasteiger partial charge in [0, 0.05) is 11.8 Å². The Bertz CT molecular complexity index is 538. The van der Waals surface area contributed by atoms with Gasteiger partial charge >= 0.3 is 0 Å². The van der Waals surface area contributed by atoms with Crippen LogP contribution in [0.4, 0.5) is 0 Å². The van der Waals surface area contributed by atoms with Gasteiger partial charge in [0.1, 0.15) is 0 Å². The summed E-state index contributed by atoms with van der Waals surface area (Å²) in [6, 6.07) is 7.30. The van der Waals surface area contributed by atoms with E-state index in [1.54, 1.807) is 18.3 Å². The first-order valence-corrected chi connectivity index (χ1v) is 6.05. The highest BCUT2D eigenvalue weighted by atomic mass is 127. The molecule has 0 saturated carbocycles. The molecule has 2 rings (SSSR count). The minimum atomic E-state index is -0.290. The summed E-state index contributed by atoms with van der Waals surface area (Å²) in [5.74, 6) is 4.80. The van der Waals surface area contributed by atoms with Crippen LogP contribution in [-0.2, 0) is 6.54 Å². The highest BCUT2D eigenvalue weighted by Gasteiger charge is 2.04. The van der Waals surface area contributed by atoms with E-state index in [-0.39, 0.29) is 5.91 Å². The Hall–Kier alpha value is -1.41. The van der Waals surface area contributed by atoms with Crippen molar-refractivity contribution in [1.82, 2.24) is 15.2 Å². The second kappa shape index (κ2) is 5.28. The summed E-state index contributed by atoms with van der Waals surface area (Å²) in [4.78, 5) is 11.4. The first kappa shape index (κ1) is 12.1. The van der Waals surface area contributed by atoms with Crippen LogP contribution < -0.4 is 11.3 Å². The molecule has 0 aliphatic rings. The van der Waals surface area contributed by atoms with Gasteiger partial charge in [0.05, 0.1) is 16.3 Å². The van der Waals surface area contributed by atoms with E-state index in [0.717, 1.165) is 9.13 Å². The Morgan fingerprint density at radius 2 is 2.35 bits per heavy atom. The Morgan fingerprint density at radius 1 is 1.53 bits per heavy atom. The van der Waals surface area contributed by atoms with Crippen molar-refractivity contribution in [2.75, 3.05) is 0 Å². The third-order valence-corrected chi connectivity index (χ3v) is 2.82. The Labute approximate surface area is 112 Å². The molecular formula is C11H11IN4O. The Kier molecular flexibility index (Phi) is 3.75. The van der Waals surface area contributed by atoms with E-state index in [1.165, 1.54) is 0 Å². The number of hydrogen-bond donors (Lipinski definition) is 2. The molecule has 1 amide bonds. The lowest BCUT2D eigenvalue weighted by atomic mass is 10.1. The number of nitrogens with two attached hydrogens (primary N) is 1. The fourth-order valence-corrected chi connectivity index (χ4v) is 1.95. The van der Waals surface area contributed by atoms with Crippen LogP contribution in [0.15, 0.2) is 36.7 Å². The van der Waals surface area contributed by atoms with E-state index in [2.05, 4.69) is 33.1 Å². The quantitative estimate of drug-likeness (QED) is 0.380. The lowest BCUT2D eigenvalue weighted by Gasteiger charge is -2.04. The van der Waals surface area contributed by atoms with Crippen LogP contribution >= 0.6 is 22.6 Å². The molecule has 2 aromatic rings. The Balaban J connectivity index is 2.19. The summed E-state index contributed by atoms with van der Waals surface area (Å²) in [6.45, 7) is 0.634. The number of aromatic nitrogens is 2. The lowest BCUT2D eigenvalue weighted by molar-refractivity contribution is 0.0953. The zero-order valence-electron chi connectivity index (χ0n) is 8.93. The van der Waals surface area contributed by atoms with Crippen molar-refractivity contribution in [2.24, 2.45) is 5.84 Å². The van der Waals surface area contributed by atoms with E-state index in [9.17, 15) is 4.79 Å². The van der Waals surface area contributed by atoms with Gasteiger partial charge < -0.3 is 0 Å². The minimum absolute atomic E-state index is 0.290. The van der Waals surface area contributed by atoms with E-state index in [1.807, 2.05) is 23.0 Å². The van der Waals surface area contributed by atoms with Gasteiger partial charge in [0.2, 0.25) is 0 Å². The van der Waals surface area contributed by atoms with Gasteiger partial charge in [0.25, 0.3) is 5.91 Å². The number of nitrogens with one attached hydrogen (secondary N) is 1. The van der Waals surface area contributed by atoms with Crippen molar-refractivity contribution in [3.05, 3.63) is 51.4 Å². The minimum Gasteiger partial charge on any atom is -0.290 e. The van der Waals surface area contributed by atoms with Crippen molar-refractivity contribution >= 4 is 28.5 Å². The largest absolute Gasteiger partial charge is 0.290 e. The molecule has 17 heavy (non-hydrogen) atoms. The predicted molar refractivity (Wildman–Crippen MR) is 72.1 cm³/mol. The summed E-state index contributed by atoms with van der Waals surface area (Å²) in [6.07, 6.45) is 3.73. The van der Waals surface area contributed by atoms with Crippen LogP contribution in [-0.4, -0.2) is 15.7 Å². The molecule has 1 aromatic carbocycles. The molecule has 5 nitrogen and oxygen atoms in total. The smallest absolute Gasteiger partial charge is 0.265 e. The normalized spacial score (nSPS) is 10.2. The van der Waals surface area contributed by atoms with Gasteiger partial charge in [-0.25, -0.2) is 5.84 Å². The summed E-state index contributed by atoms with van der Waals surface area (Å²) >= 11 is 2.20. The van der Waals surface area contributed by atoms with Crippen LogP contribution in [0.2, 0.25) is 0 Å². The summed E-state index contributed by atoms with van der Waals surface area (Å²) in [5, 5.41) is 4.19. The van der Waals surface area contributed by atoms with E-state index >= 15 is 0 Å². The third kappa shape index (κ3) is 3.04. The monoisotopic (exact) mass is 342 g/mol. The van der Waals surface area contributed by atoms with Crippen LogP contribution in [0.3, 0.4) is 0 Å². The second-order valence-electron chi connectivity index (χ2n) is 3.53. The highest BCUT2D eigenvalue weighted by Crippen LogP contribution is 2.08. The molecule has 88 valence electrons. The molecule has 0 aliphatic carbocycles. The van der Waals surface area contributed by atoms with E-state index < -0.39 is 0 Å². The molecule has 1 heterocycles. The first-order chi connectivity index (χ1) is 8.19. The molecule has 0 bridgehead atoms. The highest BCUT2D eigenvalue weighted by molar-refractivity contribution is 14.1. The Morgan fingerprint density at radius 3 is 3.00 bits per heavy atom. The van der Waals surface area contributed by atoms with E-state index in [0.29, 0.717) is 12.1 Å². The number of carbonyl (C=O) groups is 1. The van der Waals surface area contributed by atoms with Gasteiger partial charge in [-0.3, -0.25) is 14.9 Å². The molecule has 0 radical (unpaired) electrons. The maximum Gasteiger partial charge on any atom is 0.265 e. The number of carbonyl (C=O) groups excluding carboxylic acids is 1. The maximum atomic E-state index is 11.4. The molecule has 0 spiro atoms. The lowest BCUT2D eigenvalue weighted by Crippen LogP contribution is -2.30.